The summed E-state index contributed by atoms with van der Waals surface area (Å²) in [5.74, 6) is -0.786. The highest BCUT2D eigenvalue weighted by Gasteiger charge is 2.13. The number of Topliss-reactive ketones (excluding diaryl/α,β-unsaturated/α-hetero) is 1. The van der Waals surface area contributed by atoms with E-state index in [0.29, 0.717) is 11.4 Å². The van der Waals surface area contributed by atoms with Gasteiger partial charge in [-0.2, -0.15) is 5.10 Å². The van der Waals surface area contributed by atoms with E-state index in [1.165, 1.54) is 18.2 Å². The van der Waals surface area contributed by atoms with Gasteiger partial charge in [-0.05, 0) is 30.7 Å². The summed E-state index contributed by atoms with van der Waals surface area (Å²) >= 11 is 5.75. The summed E-state index contributed by atoms with van der Waals surface area (Å²) in [6.45, 7) is 0. The van der Waals surface area contributed by atoms with Gasteiger partial charge < -0.3 is 0 Å². The van der Waals surface area contributed by atoms with Crippen LogP contribution in [0.25, 0.3) is 0 Å². The van der Waals surface area contributed by atoms with Gasteiger partial charge in [0, 0.05) is 30.4 Å². The van der Waals surface area contributed by atoms with Crippen molar-refractivity contribution in [3.05, 3.63) is 52.6 Å². The van der Waals surface area contributed by atoms with E-state index in [9.17, 15) is 9.18 Å². The molecule has 0 spiro atoms. The third kappa shape index (κ3) is 2.76. The molecular weight excluding hydrogens is 255 g/mol. The molecule has 0 radical (unpaired) electrons. The molecule has 3 nitrogen and oxygen atoms in total. The Labute approximate surface area is 109 Å². The molecule has 0 aliphatic heterocycles. The number of ketones is 1. The molecule has 0 fully saturated rings. The second kappa shape index (κ2) is 5.31. The number of rotatable bonds is 4. The summed E-state index contributed by atoms with van der Waals surface area (Å²) < 4.78 is 15.2. The van der Waals surface area contributed by atoms with Gasteiger partial charge in [0.25, 0.3) is 0 Å². The van der Waals surface area contributed by atoms with Gasteiger partial charge in [0.1, 0.15) is 5.82 Å². The lowest BCUT2D eigenvalue weighted by Crippen LogP contribution is -2.06. The van der Waals surface area contributed by atoms with Gasteiger partial charge >= 0.3 is 0 Å². The molecule has 0 aliphatic rings. The SMILES string of the molecule is Cn1nccc1CCC(=O)c1cc(Cl)ccc1F. The molecule has 0 aliphatic carbocycles. The van der Waals surface area contributed by atoms with Gasteiger partial charge in [-0.25, -0.2) is 4.39 Å². The largest absolute Gasteiger partial charge is 0.294 e. The van der Waals surface area contributed by atoms with Gasteiger partial charge in [0.15, 0.2) is 5.78 Å². The summed E-state index contributed by atoms with van der Waals surface area (Å²) in [6, 6.07) is 5.83. The number of aromatic nitrogens is 2. The van der Waals surface area contributed by atoms with Crippen molar-refractivity contribution in [2.24, 2.45) is 7.05 Å². The first-order chi connectivity index (χ1) is 8.58. The quantitative estimate of drug-likeness (QED) is 0.798. The number of nitrogens with zero attached hydrogens (tertiary/aromatic N) is 2. The average Bonchev–Trinajstić information content (AvgIpc) is 2.75. The smallest absolute Gasteiger partial charge is 0.166 e. The van der Waals surface area contributed by atoms with Crippen LogP contribution in [0.15, 0.2) is 30.5 Å². The van der Waals surface area contributed by atoms with E-state index in [-0.39, 0.29) is 17.8 Å². The highest BCUT2D eigenvalue weighted by molar-refractivity contribution is 6.31. The molecule has 0 unspecified atom stereocenters. The van der Waals surface area contributed by atoms with E-state index in [2.05, 4.69) is 5.10 Å². The van der Waals surface area contributed by atoms with E-state index in [1.54, 1.807) is 17.9 Å². The van der Waals surface area contributed by atoms with Crippen LogP contribution < -0.4 is 0 Å². The van der Waals surface area contributed by atoms with Crippen molar-refractivity contribution in [3.63, 3.8) is 0 Å². The van der Waals surface area contributed by atoms with E-state index < -0.39 is 5.82 Å². The van der Waals surface area contributed by atoms with Crippen molar-refractivity contribution in [2.75, 3.05) is 0 Å². The molecule has 0 saturated carbocycles. The summed E-state index contributed by atoms with van der Waals surface area (Å²) in [7, 11) is 1.81. The number of hydrogen-bond donors (Lipinski definition) is 0. The first kappa shape index (κ1) is 12.8. The third-order valence-corrected chi connectivity index (χ3v) is 2.99. The van der Waals surface area contributed by atoms with Crippen LogP contribution in [0.1, 0.15) is 22.5 Å². The molecule has 2 aromatic rings. The minimum Gasteiger partial charge on any atom is -0.294 e. The van der Waals surface area contributed by atoms with Crippen LogP contribution in [0.4, 0.5) is 4.39 Å². The van der Waals surface area contributed by atoms with Crippen molar-refractivity contribution in [1.82, 2.24) is 9.78 Å². The van der Waals surface area contributed by atoms with Crippen LogP contribution in [0.5, 0.6) is 0 Å². The summed E-state index contributed by atoms with van der Waals surface area (Å²) in [5, 5.41) is 4.37. The zero-order valence-electron chi connectivity index (χ0n) is 9.86. The Morgan fingerprint density at radius 2 is 2.22 bits per heavy atom. The Bertz CT molecular complexity index is 580. The van der Waals surface area contributed by atoms with E-state index in [4.69, 9.17) is 11.6 Å². The molecule has 0 saturated heterocycles. The van der Waals surface area contributed by atoms with E-state index in [1.807, 2.05) is 6.07 Å². The van der Waals surface area contributed by atoms with Gasteiger partial charge in [-0.1, -0.05) is 11.6 Å². The number of carbonyl (C=O) groups is 1. The van der Waals surface area contributed by atoms with Crippen LogP contribution in [0, 0.1) is 5.82 Å². The number of hydrogen-bond acceptors (Lipinski definition) is 2. The number of benzene rings is 1. The minimum absolute atomic E-state index is 0.0460. The van der Waals surface area contributed by atoms with Crippen LogP contribution in [-0.2, 0) is 13.5 Å². The Balaban J connectivity index is 2.08. The van der Waals surface area contributed by atoms with Gasteiger partial charge in [-0.15, -0.1) is 0 Å². The molecule has 2 rings (SSSR count). The highest BCUT2D eigenvalue weighted by atomic mass is 35.5. The van der Waals surface area contributed by atoms with Crippen molar-refractivity contribution in [2.45, 2.75) is 12.8 Å². The second-order valence-corrected chi connectivity index (χ2v) is 4.43. The third-order valence-electron chi connectivity index (χ3n) is 2.76. The van der Waals surface area contributed by atoms with Crippen LogP contribution in [-0.4, -0.2) is 15.6 Å². The predicted molar refractivity (Wildman–Crippen MR) is 67.3 cm³/mol. The molecule has 18 heavy (non-hydrogen) atoms. The van der Waals surface area contributed by atoms with Gasteiger partial charge in [0.2, 0.25) is 0 Å². The first-order valence-corrected chi connectivity index (χ1v) is 5.91. The monoisotopic (exact) mass is 266 g/mol. The van der Waals surface area contributed by atoms with Gasteiger partial charge in [0.05, 0.1) is 5.56 Å². The Hall–Kier alpha value is -1.68. The molecule has 0 amide bonds. The zero-order valence-corrected chi connectivity index (χ0v) is 10.6. The lowest BCUT2D eigenvalue weighted by atomic mass is 10.0. The van der Waals surface area contributed by atoms with Crippen molar-refractivity contribution in [1.29, 1.82) is 0 Å². The number of aryl methyl sites for hydroxylation is 2. The Kier molecular flexibility index (Phi) is 3.77. The lowest BCUT2D eigenvalue weighted by molar-refractivity contribution is 0.0978. The Morgan fingerprint density at radius 1 is 1.44 bits per heavy atom. The summed E-state index contributed by atoms with van der Waals surface area (Å²) in [6.07, 6.45) is 2.43. The van der Waals surface area contributed by atoms with Crippen LogP contribution in [0.3, 0.4) is 0 Å². The van der Waals surface area contributed by atoms with Gasteiger partial charge in [-0.3, -0.25) is 9.48 Å². The fourth-order valence-corrected chi connectivity index (χ4v) is 1.91. The van der Waals surface area contributed by atoms with Crippen molar-refractivity contribution < 1.29 is 9.18 Å². The fourth-order valence-electron chi connectivity index (χ4n) is 1.73. The molecule has 1 aromatic heterocycles. The molecule has 94 valence electrons. The molecule has 5 heteroatoms. The highest BCUT2D eigenvalue weighted by Crippen LogP contribution is 2.17. The number of halogens is 2. The van der Waals surface area contributed by atoms with E-state index >= 15 is 0 Å². The molecular formula is C13H12ClFN2O. The minimum atomic E-state index is -0.533. The maximum absolute atomic E-state index is 13.5. The maximum Gasteiger partial charge on any atom is 0.166 e. The van der Waals surface area contributed by atoms with Crippen LogP contribution >= 0.6 is 11.6 Å². The molecule has 0 atom stereocenters. The maximum atomic E-state index is 13.5. The second-order valence-electron chi connectivity index (χ2n) is 3.99. The number of carbonyl (C=O) groups excluding carboxylic acids is 1. The topological polar surface area (TPSA) is 34.9 Å². The molecule has 0 N–H and O–H groups in total. The summed E-state index contributed by atoms with van der Waals surface area (Å²) in [5.41, 5.74) is 0.982. The molecule has 1 heterocycles. The Morgan fingerprint density at radius 3 is 2.89 bits per heavy atom. The lowest BCUT2D eigenvalue weighted by Gasteiger charge is -2.04. The average molecular weight is 267 g/mol. The molecule has 1 aromatic carbocycles. The molecule has 0 bridgehead atoms. The van der Waals surface area contributed by atoms with E-state index in [0.717, 1.165) is 5.69 Å². The standard InChI is InChI=1S/C13H12ClFN2O/c1-17-10(6-7-16-17)3-5-13(18)11-8-9(14)2-4-12(11)15/h2,4,6-8H,3,5H2,1H3. The zero-order chi connectivity index (χ0) is 13.1. The summed E-state index contributed by atoms with van der Waals surface area (Å²) in [4.78, 5) is 11.9. The first-order valence-electron chi connectivity index (χ1n) is 5.53. The van der Waals surface area contributed by atoms with Crippen molar-refractivity contribution in [3.8, 4) is 0 Å². The van der Waals surface area contributed by atoms with Crippen LogP contribution in [0.2, 0.25) is 5.02 Å². The fraction of sp³-hybridized carbons (Fsp3) is 0.231. The predicted octanol–water partition coefficient (Wildman–Crippen LogP) is 3.03. The normalized spacial score (nSPS) is 10.6. The van der Waals surface area contributed by atoms with Crippen molar-refractivity contribution >= 4 is 17.4 Å².